The van der Waals surface area contributed by atoms with Gasteiger partial charge in [-0.3, -0.25) is 9.89 Å². The molecule has 5 nitrogen and oxygen atoms in total. The van der Waals surface area contributed by atoms with Gasteiger partial charge in [-0.2, -0.15) is 0 Å². The normalized spacial score (nSPS) is 22.5. The number of carboxylic acid groups (broad SMARTS) is 1. The van der Waals surface area contributed by atoms with E-state index in [1.165, 1.54) is 11.3 Å². The van der Waals surface area contributed by atoms with Crippen LogP contribution in [0.5, 0.6) is 0 Å². The Kier molecular flexibility index (Phi) is 3.36. The van der Waals surface area contributed by atoms with Gasteiger partial charge in [-0.15, -0.1) is 0 Å². The van der Waals surface area contributed by atoms with Gasteiger partial charge in [0.25, 0.3) is 0 Å². The highest BCUT2D eigenvalue weighted by Crippen LogP contribution is 2.36. The monoisotopic (exact) mass is 237 g/mol. The van der Waals surface area contributed by atoms with Crippen LogP contribution in [0.15, 0.2) is 17.3 Å². The lowest BCUT2D eigenvalue weighted by Crippen LogP contribution is -2.60. The quantitative estimate of drug-likeness (QED) is 0.800. The van der Waals surface area contributed by atoms with E-state index in [1.54, 1.807) is 13.3 Å². The zero-order valence-electron chi connectivity index (χ0n) is 10.2. The van der Waals surface area contributed by atoms with Gasteiger partial charge in [0.2, 0.25) is 0 Å². The smallest absolute Gasteiger partial charge is 0.408 e. The molecule has 0 unspecified atom stereocenters. The summed E-state index contributed by atoms with van der Waals surface area (Å²) in [7, 11) is 1.67. The minimum atomic E-state index is -0.866. The second kappa shape index (κ2) is 4.77. The minimum absolute atomic E-state index is 0.404. The van der Waals surface area contributed by atoms with E-state index in [9.17, 15) is 9.90 Å². The van der Waals surface area contributed by atoms with Gasteiger partial charge in [-0.25, -0.2) is 4.79 Å². The summed E-state index contributed by atoms with van der Waals surface area (Å²) < 4.78 is 0. The number of carbonyl (C=O) groups is 1. The summed E-state index contributed by atoms with van der Waals surface area (Å²) in [5.41, 5.74) is -0.404. The van der Waals surface area contributed by atoms with Crippen molar-refractivity contribution in [3.05, 3.63) is 12.3 Å². The van der Waals surface area contributed by atoms with Crippen molar-refractivity contribution in [2.24, 2.45) is 4.99 Å². The molecule has 5 heteroatoms. The predicted molar refractivity (Wildman–Crippen MR) is 65.9 cm³/mol. The molecule has 1 heterocycles. The second-order valence-corrected chi connectivity index (χ2v) is 4.67. The molecule has 0 aromatic heterocycles. The molecule has 0 aromatic carbocycles. The molecule has 1 saturated carbocycles. The molecule has 1 aliphatic carbocycles. The first-order chi connectivity index (χ1) is 8.17. The standard InChI is InChI=1S/C12H19N3O2/c1-14(11(16)17)12(6-3-2-4-7-12)15-9-5-8-13-10-15/h5,8-9H,2-4,6-7,10H2,1H3,(H,16,17). The first-order valence-corrected chi connectivity index (χ1v) is 6.07. The fourth-order valence-electron chi connectivity index (χ4n) is 2.77. The molecule has 1 aliphatic heterocycles. The van der Waals surface area contributed by atoms with Gasteiger partial charge in [-0.1, -0.05) is 6.42 Å². The number of allylic oxidation sites excluding steroid dienone is 1. The van der Waals surface area contributed by atoms with E-state index < -0.39 is 11.8 Å². The summed E-state index contributed by atoms with van der Waals surface area (Å²) in [5.74, 6) is 0. The van der Waals surface area contributed by atoms with Crippen molar-refractivity contribution in [3.63, 3.8) is 0 Å². The van der Waals surface area contributed by atoms with Crippen molar-refractivity contribution >= 4 is 12.3 Å². The van der Waals surface area contributed by atoms with Crippen LogP contribution in [0, 0.1) is 0 Å². The van der Waals surface area contributed by atoms with Gasteiger partial charge >= 0.3 is 6.09 Å². The molecule has 0 saturated heterocycles. The number of aliphatic imine (C=N–C) groups is 1. The summed E-state index contributed by atoms with van der Waals surface area (Å²) in [5, 5.41) is 9.27. The molecule has 0 bridgehead atoms. The van der Waals surface area contributed by atoms with E-state index in [1.807, 2.05) is 12.3 Å². The van der Waals surface area contributed by atoms with Crippen LogP contribution in [0.1, 0.15) is 32.1 Å². The van der Waals surface area contributed by atoms with Crippen LogP contribution in [-0.2, 0) is 0 Å². The Hall–Kier alpha value is -1.52. The van der Waals surface area contributed by atoms with Crippen LogP contribution in [-0.4, -0.2) is 46.6 Å². The first-order valence-electron chi connectivity index (χ1n) is 6.07. The molecule has 1 N–H and O–H groups in total. The average Bonchev–Trinajstić information content (AvgIpc) is 2.39. The fourth-order valence-corrected chi connectivity index (χ4v) is 2.77. The molecule has 0 aromatic rings. The van der Waals surface area contributed by atoms with E-state index in [4.69, 9.17) is 0 Å². The van der Waals surface area contributed by atoms with Crippen LogP contribution < -0.4 is 0 Å². The van der Waals surface area contributed by atoms with Crippen LogP contribution in [0.4, 0.5) is 4.79 Å². The van der Waals surface area contributed by atoms with E-state index >= 15 is 0 Å². The van der Waals surface area contributed by atoms with E-state index in [2.05, 4.69) is 9.89 Å². The van der Waals surface area contributed by atoms with Crippen molar-refractivity contribution in [2.45, 2.75) is 37.8 Å². The largest absolute Gasteiger partial charge is 0.465 e. The maximum absolute atomic E-state index is 11.3. The summed E-state index contributed by atoms with van der Waals surface area (Å²) in [6, 6.07) is 0. The van der Waals surface area contributed by atoms with Crippen LogP contribution >= 0.6 is 0 Å². The number of rotatable bonds is 2. The van der Waals surface area contributed by atoms with Crippen molar-refractivity contribution in [1.29, 1.82) is 0 Å². The highest BCUT2D eigenvalue weighted by atomic mass is 16.4. The number of hydrogen-bond donors (Lipinski definition) is 1. The summed E-state index contributed by atoms with van der Waals surface area (Å²) in [6.45, 7) is 0.550. The molecule has 17 heavy (non-hydrogen) atoms. The maximum atomic E-state index is 11.3. The highest BCUT2D eigenvalue weighted by molar-refractivity contribution is 5.71. The SMILES string of the molecule is CN(C(=O)O)C1(N2C=CC=NC2)CCCCC1. The zero-order valence-corrected chi connectivity index (χ0v) is 10.2. The highest BCUT2D eigenvalue weighted by Gasteiger charge is 2.42. The van der Waals surface area contributed by atoms with E-state index in [0.29, 0.717) is 6.67 Å². The molecule has 0 spiro atoms. The molecule has 1 fully saturated rings. The minimum Gasteiger partial charge on any atom is -0.465 e. The van der Waals surface area contributed by atoms with Gasteiger partial charge < -0.3 is 10.0 Å². The van der Waals surface area contributed by atoms with Gasteiger partial charge in [0, 0.05) is 19.5 Å². The second-order valence-electron chi connectivity index (χ2n) is 4.67. The van der Waals surface area contributed by atoms with Gasteiger partial charge in [0.05, 0.1) is 0 Å². The van der Waals surface area contributed by atoms with Crippen molar-refractivity contribution < 1.29 is 9.90 Å². The Labute approximate surface area is 101 Å². The third-order valence-electron chi connectivity index (χ3n) is 3.79. The molecular formula is C12H19N3O2. The molecule has 0 radical (unpaired) electrons. The molecular weight excluding hydrogens is 218 g/mol. The van der Waals surface area contributed by atoms with Gasteiger partial charge in [-0.05, 0) is 31.8 Å². The average molecular weight is 237 g/mol. The van der Waals surface area contributed by atoms with Crippen molar-refractivity contribution in [1.82, 2.24) is 9.80 Å². The topological polar surface area (TPSA) is 56.1 Å². The third kappa shape index (κ3) is 2.14. The van der Waals surface area contributed by atoms with E-state index in [0.717, 1.165) is 25.7 Å². The summed E-state index contributed by atoms with van der Waals surface area (Å²) >= 11 is 0. The summed E-state index contributed by atoms with van der Waals surface area (Å²) in [4.78, 5) is 19.0. The maximum Gasteiger partial charge on any atom is 0.408 e. The number of hydrogen-bond acceptors (Lipinski definition) is 3. The lowest BCUT2D eigenvalue weighted by Gasteiger charge is -2.50. The molecule has 1 amide bonds. The van der Waals surface area contributed by atoms with Gasteiger partial charge in [0.15, 0.2) is 0 Å². The Morgan fingerprint density at radius 1 is 1.41 bits per heavy atom. The van der Waals surface area contributed by atoms with E-state index in [-0.39, 0.29) is 0 Å². The van der Waals surface area contributed by atoms with Gasteiger partial charge in [0.1, 0.15) is 12.3 Å². The predicted octanol–water partition coefficient (Wildman–Crippen LogP) is 2.11. The Morgan fingerprint density at radius 3 is 2.65 bits per heavy atom. The van der Waals surface area contributed by atoms with Crippen LogP contribution in [0.25, 0.3) is 0 Å². The Morgan fingerprint density at radius 2 is 2.12 bits per heavy atom. The Balaban J connectivity index is 2.25. The number of amides is 1. The van der Waals surface area contributed by atoms with Crippen molar-refractivity contribution in [3.8, 4) is 0 Å². The molecule has 0 atom stereocenters. The molecule has 94 valence electrons. The zero-order chi connectivity index (χ0) is 12.3. The Bertz CT molecular complexity index is 346. The first kappa shape index (κ1) is 12.0. The lowest BCUT2D eigenvalue weighted by atomic mass is 9.86. The fraction of sp³-hybridized carbons (Fsp3) is 0.667. The lowest BCUT2D eigenvalue weighted by molar-refractivity contribution is -0.0313. The van der Waals surface area contributed by atoms with Crippen molar-refractivity contribution in [2.75, 3.05) is 13.7 Å². The van der Waals surface area contributed by atoms with Crippen LogP contribution in [0.3, 0.4) is 0 Å². The van der Waals surface area contributed by atoms with Crippen LogP contribution in [0.2, 0.25) is 0 Å². The number of nitrogens with zero attached hydrogens (tertiary/aromatic N) is 3. The molecule has 2 rings (SSSR count). The summed E-state index contributed by atoms with van der Waals surface area (Å²) in [6.07, 6.45) is 9.83. The third-order valence-corrected chi connectivity index (χ3v) is 3.79. The molecule has 2 aliphatic rings.